The SMILES string of the molecule is C[C@@]1(c2cc3c(cc2F)CNC(c2cnc(OCC(F)(F)C(F)(F)F)cn2)=N3)C[C@@H](C(F)(F)F)OC(N)=N1. The summed E-state index contributed by atoms with van der Waals surface area (Å²) in [5, 5.41) is 2.81. The molecule has 0 fully saturated rings. The third-order valence-corrected chi connectivity index (χ3v) is 5.68. The molecule has 3 N–H and O–H groups in total. The van der Waals surface area contributed by atoms with Gasteiger partial charge in [-0.05, 0) is 24.6 Å². The average Bonchev–Trinajstić information content (AvgIpc) is 2.80. The number of nitrogens with two attached hydrogens (primary N) is 1. The van der Waals surface area contributed by atoms with Crippen molar-refractivity contribution < 1.29 is 49.0 Å². The molecule has 2 aromatic rings. The zero-order valence-corrected chi connectivity index (χ0v) is 19.1. The first-order chi connectivity index (χ1) is 17.5. The molecule has 0 saturated carbocycles. The number of hydrogen-bond acceptors (Lipinski definition) is 8. The summed E-state index contributed by atoms with van der Waals surface area (Å²) in [6.07, 6.45) is -11.9. The molecule has 2 atom stereocenters. The maximum absolute atomic E-state index is 15.0. The van der Waals surface area contributed by atoms with Gasteiger partial charge in [-0.15, -0.1) is 0 Å². The highest BCUT2D eigenvalue weighted by Gasteiger charge is 2.58. The van der Waals surface area contributed by atoms with Crippen LogP contribution >= 0.6 is 0 Å². The van der Waals surface area contributed by atoms with Crippen LogP contribution in [0.2, 0.25) is 0 Å². The number of alkyl halides is 8. The number of hydrogen-bond donors (Lipinski definition) is 2. The zero-order valence-electron chi connectivity index (χ0n) is 19.1. The Kier molecular flexibility index (Phi) is 6.59. The first kappa shape index (κ1) is 27.3. The molecule has 38 heavy (non-hydrogen) atoms. The van der Waals surface area contributed by atoms with Gasteiger partial charge in [0, 0.05) is 18.5 Å². The maximum atomic E-state index is 15.0. The van der Waals surface area contributed by atoms with Crippen LogP contribution in [0.1, 0.15) is 30.2 Å². The number of benzene rings is 1. The van der Waals surface area contributed by atoms with Crippen molar-refractivity contribution in [3.05, 3.63) is 47.2 Å². The second kappa shape index (κ2) is 9.20. The Morgan fingerprint density at radius 3 is 2.42 bits per heavy atom. The van der Waals surface area contributed by atoms with Gasteiger partial charge in [-0.2, -0.15) is 35.1 Å². The van der Waals surface area contributed by atoms with Gasteiger partial charge in [-0.25, -0.2) is 24.3 Å². The standard InChI is InChI=1S/C21H17F9N6O2/c1-18(4-14(20(25,26)27)38-17(31)36-18)10-3-12-9(2-11(10)22)5-34-16(35-12)13-6-33-15(7-32-13)37-8-19(23,24)21(28,29)30/h2-3,6-7,14H,4-5,8H2,1H3,(H2,31,36)(H,34,35)/t14-,18-/m0/s1. The normalized spacial score (nSPS) is 22.0. The number of nitrogens with one attached hydrogen (secondary N) is 1. The molecule has 8 nitrogen and oxygen atoms in total. The summed E-state index contributed by atoms with van der Waals surface area (Å²) in [6.45, 7) is -0.721. The van der Waals surface area contributed by atoms with Crippen molar-refractivity contribution in [2.75, 3.05) is 6.61 Å². The van der Waals surface area contributed by atoms with E-state index in [0.29, 0.717) is 5.56 Å². The Labute approximate surface area is 207 Å². The molecule has 4 rings (SSSR count). The van der Waals surface area contributed by atoms with Crippen LogP contribution in [-0.4, -0.2) is 52.8 Å². The van der Waals surface area contributed by atoms with Gasteiger partial charge in [-0.1, -0.05) is 0 Å². The van der Waals surface area contributed by atoms with E-state index in [1.807, 2.05) is 0 Å². The minimum absolute atomic E-state index is 0.0134. The van der Waals surface area contributed by atoms with Crippen LogP contribution in [0.15, 0.2) is 34.5 Å². The quantitative estimate of drug-likeness (QED) is 0.534. The van der Waals surface area contributed by atoms with Crippen LogP contribution in [0.25, 0.3) is 0 Å². The van der Waals surface area contributed by atoms with Gasteiger partial charge >= 0.3 is 18.3 Å². The lowest BCUT2D eigenvalue weighted by molar-refractivity contribution is -0.290. The second-order valence-corrected chi connectivity index (χ2v) is 8.58. The monoisotopic (exact) mass is 556 g/mol. The van der Waals surface area contributed by atoms with Gasteiger partial charge in [0.1, 0.15) is 11.5 Å². The molecule has 2 aliphatic heterocycles. The number of fused-ring (bicyclic) bond motifs is 1. The molecule has 0 spiro atoms. The molecule has 1 aromatic carbocycles. The lowest BCUT2D eigenvalue weighted by Gasteiger charge is -2.36. The summed E-state index contributed by atoms with van der Waals surface area (Å²) in [7, 11) is 0. The van der Waals surface area contributed by atoms with E-state index in [2.05, 4.69) is 34.7 Å². The lowest BCUT2D eigenvalue weighted by Crippen LogP contribution is -2.46. The van der Waals surface area contributed by atoms with Crippen molar-refractivity contribution in [1.82, 2.24) is 15.3 Å². The number of amidine groups is 2. The first-order valence-corrected chi connectivity index (χ1v) is 10.6. The summed E-state index contributed by atoms with van der Waals surface area (Å²) in [5.41, 5.74) is 4.01. The molecule has 206 valence electrons. The van der Waals surface area contributed by atoms with Crippen molar-refractivity contribution in [2.45, 2.75) is 49.8 Å². The van der Waals surface area contributed by atoms with E-state index in [0.717, 1.165) is 18.5 Å². The van der Waals surface area contributed by atoms with Gasteiger partial charge in [0.05, 0.1) is 23.6 Å². The van der Waals surface area contributed by atoms with Crippen LogP contribution in [0, 0.1) is 5.82 Å². The summed E-state index contributed by atoms with van der Waals surface area (Å²) in [5.74, 6) is -6.50. The minimum atomic E-state index is -5.81. The molecule has 2 aliphatic rings. The molecule has 17 heteroatoms. The predicted molar refractivity (Wildman–Crippen MR) is 112 cm³/mol. The molecule has 0 saturated heterocycles. The Bertz CT molecular complexity index is 1280. The number of aromatic nitrogens is 2. The summed E-state index contributed by atoms with van der Waals surface area (Å²) in [4.78, 5) is 15.7. The Morgan fingerprint density at radius 1 is 1.11 bits per heavy atom. The first-order valence-electron chi connectivity index (χ1n) is 10.6. The van der Waals surface area contributed by atoms with E-state index >= 15 is 0 Å². The number of aliphatic imine (C=N–C) groups is 2. The Morgan fingerprint density at radius 2 is 1.82 bits per heavy atom. The van der Waals surface area contributed by atoms with Crippen LogP contribution in [-0.2, 0) is 16.8 Å². The van der Waals surface area contributed by atoms with E-state index in [-0.39, 0.29) is 29.3 Å². The predicted octanol–water partition coefficient (Wildman–Crippen LogP) is 4.25. The highest BCUT2D eigenvalue weighted by molar-refractivity contribution is 5.99. The van der Waals surface area contributed by atoms with Gasteiger partial charge < -0.3 is 20.5 Å². The largest absolute Gasteiger partial charge is 0.470 e. The van der Waals surface area contributed by atoms with Crippen molar-refractivity contribution in [3.63, 3.8) is 0 Å². The maximum Gasteiger partial charge on any atom is 0.456 e. The van der Waals surface area contributed by atoms with Crippen LogP contribution in [0.3, 0.4) is 0 Å². The molecule has 0 radical (unpaired) electrons. The third kappa shape index (κ3) is 5.40. The second-order valence-electron chi connectivity index (χ2n) is 8.58. The molecular formula is C21H17F9N6O2. The number of nitrogens with zero attached hydrogens (tertiary/aromatic N) is 4. The molecule has 1 aromatic heterocycles. The van der Waals surface area contributed by atoms with E-state index in [1.54, 1.807) is 0 Å². The van der Waals surface area contributed by atoms with Crippen molar-refractivity contribution in [1.29, 1.82) is 0 Å². The molecule has 0 unspecified atom stereocenters. The smallest absolute Gasteiger partial charge is 0.456 e. The van der Waals surface area contributed by atoms with Crippen molar-refractivity contribution >= 4 is 17.5 Å². The van der Waals surface area contributed by atoms with Gasteiger partial charge in [0.2, 0.25) is 5.88 Å². The molecule has 0 bridgehead atoms. The van der Waals surface area contributed by atoms with Crippen LogP contribution < -0.4 is 15.8 Å². The fourth-order valence-corrected chi connectivity index (χ4v) is 3.72. The molecule has 0 amide bonds. The van der Waals surface area contributed by atoms with Gasteiger partial charge in [0.15, 0.2) is 18.5 Å². The zero-order chi connectivity index (χ0) is 28.1. The van der Waals surface area contributed by atoms with Gasteiger partial charge in [0.25, 0.3) is 6.02 Å². The van der Waals surface area contributed by atoms with Crippen LogP contribution in [0.5, 0.6) is 5.88 Å². The Hall–Kier alpha value is -3.79. The highest BCUT2D eigenvalue weighted by atomic mass is 19.4. The summed E-state index contributed by atoms with van der Waals surface area (Å²) < 4.78 is 127. The topological polar surface area (TPSA) is 107 Å². The van der Waals surface area contributed by atoms with Crippen molar-refractivity contribution in [2.24, 2.45) is 15.7 Å². The van der Waals surface area contributed by atoms with Crippen molar-refractivity contribution in [3.8, 4) is 5.88 Å². The Balaban J connectivity index is 1.59. The minimum Gasteiger partial charge on any atom is -0.470 e. The number of rotatable bonds is 5. The summed E-state index contributed by atoms with van der Waals surface area (Å²) in [6, 6.07) is 1.54. The molecular weight excluding hydrogens is 539 g/mol. The fourth-order valence-electron chi connectivity index (χ4n) is 3.72. The van der Waals surface area contributed by atoms with E-state index in [1.165, 1.54) is 13.0 Å². The summed E-state index contributed by atoms with van der Waals surface area (Å²) >= 11 is 0. The fraction of sp³-hybridized carbons (Fsp3) is 0.429. The number of ether oxygens (including phenoxy) is 2. The van der Waals surface area contributed by atoms with E-state index < -0.39 is 60.7 Å². The average molecular weight is 556 g/mol. The molecule has 0 aliphatic carbocycles. The van der Waals surface area contributed by atoms with E-state index in [9.17, 15) is 39.5 Å². The lowest BCUT2D eigenvalue weighted by atomic mass is 9.84. The highest BCUT2D eigenvalue weighted by Crippen LogP contribution is 2.42. The van der Waals surface area contributed by atoms with Crippen LogP contribution in [0.4, 0.5) is 45.2 Å². The third-order valence-electron chi connectivity index (χ3n) is 5.68. The van der Waals surface area contributed by atoms with E-state index in [4.69, 9.17) is 5.73 Å². The number of halogens is 9. The van der Waals surface area contributed by atoms with Gasteiger partial charge in [-0.3, -0.25) is 0 Å². The molecule has 3 heterocycles.